The second-order valence-corrected chi connectivity index (χ2v) is 10.3. The van der Waals surface area contributed by atoms with Crippen LogP contribution < -0.4 is 5.32 Å². The van der Waals surface area contributed by atoms with Gasteiger partial charge >= 0.3 is 18.0 Å². The molecule has 3 rings (SSSR count). The van der Waals surface area contributed by atoms with Crippen molar-refractivity contribution in [3.8, 4) is 0 Å². The number of aliphatic carboxylic acids is 1. The molecule has 9 heteroatoms. The quantitative estimate of drug-likeness (QED) is 0.258. The molecule has 2 unspecified atom stereocenters. The monoisotopic (exact) mass is 491 g/mol. The largest absolute Gasteiger partial charge is 0.481 e. The summed E-state index contributed by atoms with van der Waals surface area (Å²) in [6.45, 7) is 4.09. The van der Waals surface area contributed by atoms with Gasteiger partial charge in [0.15, 0.2) is 0 Å². The standard InChI is InChI=1S/C26H41N3O6/c1-18-10-12-23(13-11-18)29-16-22(28-17-29)15-21(24(30)31)9-6-14-27-26(33)35-19(2)34-25(32)20-7-4-3-5-8-20/h16-21,23H,3-15H2,1-2H3,(H,27,33)(H,30,31). The Morgan fingerprint density at radius 3 is 2.51 bits per heavy atom. The molecule has 2 aliphatic carbocycles. The van der Waals surface area contributed by atoms with Gasteiger partial charge in [0.2, 0.25) is 6.29 Å². The summed E-state index contributed by atoms with van der Waals surface area (Å²) in [5, 5.41) is 12.3. The summed E-state index contributed by atoms with van der Waals surface area (Å²) in [6, 6.07) is 0.454. The van der Waals surface area contributed by atoms with Crippen molar-refractivity contribution in [2.24, 2.45) is 17.8 Å². The average molecular weight is 492 g/mol. The van der Waals surface area contributed by atoms with Gasteiger partial charge in [-0.05, 0) is 57.3 Å². The van der Waals surface area contributed by atoms with E-state index in [1.165, 1.54) is 19.8 Å². The topological polar surface area (TPSA) is 120 Å². The Balaban J connectivity index is 1.34. The summed E-state index contributed by atoms with van der Waals surface area (Å²) in [5.74, 6) is -1.08. The first-order chi connectivity index (χ1) is 16.8. The van der Waals surface area contributed by atoms with Gasteiger partial charge in [-0.3, -0.25) is 9.59 Å². The van der Waals surface area contributed by atoms with Gasteiger partial charge in [0.05, 0.1) is 23.9 Å². The van der Waals surface area contributed by atoms with Gasteiger partial charge < -0.3 is 24.5 Å². The van der Waals surface area contributed by atoms with Gasteiger partial charge in [-0.15, -0.1) is 0 Å². The van der Waals surface area contributed by atoms with E-state index in [0.717, 1.165) is 56.6 Å². The molecule has 1 heterocycles. The Bertz CT molecular complexity index is 827. The summed E-state index contributed by atoms with van der Waals surface area (Å²) in [7, 11) is 0. The van der Waals surface area contributed by atoms with Crippen LogP contribution in [0.25, 0.3) is 0 Å². The summed E-state index contributed by atoms with van der Waals surface area (Å²) >= 11 is 0. The predicted molar refractivity (Wildman–Crippen MR) is 130 cm³/mol. The molecule has 1 aromatic heterocycles. The molecule has 2 N–H and O–H groups in total. The van der Waals surface area contributed by atoms with Crippen molar-refractivity contribution >= 4 is 18.0 Å². The maximum Gasteiger partial charge on any atom is 0.410 e. The van der Waals surface area contributed by atoms with Crippen LogP contribution in [0, 0.1) is 17.8 Å². The van der Waals surface area contributed by atoms with Crippen LogP contribution in [0.1, 0.15) is 96.2 Å². The van der Waals surface area contributed by atoms with Gasteiger partial charge in [0.1, 0.15) is 0 Å². The Labute approximate surface area is 208 Å². The number of carboxylic acid groups (broad SMARTS) is 1. The number of ether oxygens (including phenoxy) is 2. The highest BCUT2D eigenvalue weighted by Gasteiger charge is 2.25. The zero-order chi connectivity index (χ0) is 25.2. The minimum absolute atomic E-state index is 0.108. The number of rotatable bonds is 11. The van der Waals surface area contributed by atoms with Crippen molar-refractivity contribution in [2.45, 2.75) is 103 Å². The zero-order valence-corrected chi connectivity index (χ0v) is 21.1. The molecule has 2 fully saturated rings. The smallest absolute Gasteiger partial charge is 0.410 e. The van der Waals surface area contributed by atoms with Crippen LogP contribution in [0.5, 0.6) is 0 Å². The molecule has 1 amide bonds. The number of amides is 1. The average Bonchev–Trinajstić information content (AvgIpc) is 3.30. The van der Waals surface area contributed by atoms with Gasteiger partial charge in [-0.25, -0.2) is 9.78 Å². The van der Waals surface area contributed by atoms with Crippen molar-refractivity contribution in [1.29, 1.82) is 0 Å². The van der Waals surface area contributed by atoms with Crippen LogP contribution in [-0.4, -0.2) is 45.5 Å². The molecule has 35 heavy (non-hydrogen) atoms. The first-order valence-corrected chi connectivity index (χ1v) is 13.2. The van der Waals surface area contributed by atoms with Crippen LogP contribution in [0.3, 0.4) is 0 Å². The summed E-state index contributed by atoms with van der Waals surface area (Å²) < 4.78 is 12.5. The van der Waals surface area contributed by atoms with E-state index in [1.807, 2.05) is 12.5 Å². The second kappa shape index (κ2) is 13.5. The highest BCUT2D eigenvalue weighted by molar-refractivity contribution is 5.73. The maximum atomic E-state index is 12.1. The first-order valence-electron chi connectivity index (χ1n) is 13.2. The Hall–Kier alpha value is -2.58. The number of esters is 1. The third kappa shape index (κ3) is 8.85. The minimum Gasteiger partial charge on any atom is -0.481 e. The molecule has 0 aromatic carbocycles. The number of imidazole rings is 1. The maximum absolute atomic E-state index is 12.1. The van der Waals surface area contributed by atoms with Crippen molar-refractivity contribution in [3.05, 3.63) is 18.2 Å². The number of nitrogens with zero attached hydrogens (tertiary/aromatic N) is 2. The second-order valence-electron chi connectivity index (χ2n) is 10.3. The van der Waals surface area contributed by atoms with Crippen LogP contribution >= 0.6 is 0 Å². The molecule has 2 atom stereocenters. The van der Waals surface area contributed by atoms with E-state index in [2.05, 4.69) is 21.8 Å². The summed E-state index contributed by atoms with van der Waals surface area (Å²) in [4.78, 5) is 40.4. The van der Waals surface area contributed by atoms with Gasteiger partial charge in [-0.2, -0.15) is 0 Å². The highest BCUT2D eigenvalue weighted by atomic mass is 16.7. The lowest BCUT2D eigenvalue weighted by atomic mass is 9.87. The van der Waals surface area contributed by atoms with Gasteiger partial charge in [0, 0.05) is 32.1 Å². The molecule has 0 aliphatic heterocycles. The van der Waals surface area contributed by atoms with Crippen molar-refractivity contribution in [1.82, 2.24) is 14.9 Å². The number of aromatic nitrogens is 2. The third-order valence-corrected chi connectivity index (χ3v) is 7.36. The Morgan fingerprint density at radius 2 is 1.83 bits per heavy atom. The van der Waals surface area contributed by atoms with Crippen molar-refractivity contribution < 1.29 is 29.0 Å². The Kier molecular flexibility index (Phi) is 10.4. The normalized spacial score (nSPS) is 22.7. The number of carboxylic acids is 1. The van der Waals surface area contributed by atoms with Crippen LogP contribution in [0.4, 0.5) is 4.79 Å². The number of hydrogen-bond donors (Lipinski definition) is 2. The zero-order valence-electron chi connectivity index (χ0n) is 21.1. The van der Waals surface area contributed by atoms with Gasteiger partial charge in [-0.1, -0.05) is 26.2 Å². The van der Waals surface area contributed by atoms with Crippen molar-refractivity contribution in [2.75, 3.05) is 6.54 Å². The molecule has 196 valence electrons. The lowest BCUT2D eigenvalue weighted by Crippen LogP contribution is -2.32. The molecule has 1 aromatic rings. The van der Waals surface area contributed by atoms with E-state index in [9.17, 15) is 19.5 Å². The molecule has 0 spiro atoms. The number of alkyl carbamates (subject to hydrolysis) is 1. The molecule has 2 saturated carbocycles. The molecular formula is C26H41N3O6. The van der Waals surface area contributed by atoms with Crippen LogP contribution in [-0.2, 0) is 25.5 Å². The number of carbonyl (C=O) groups excluding carboxylic acids is 2. The summed E-state index contributed by atoms with van der Waals surface area (Å²) in [6.07, 6.45) is 13.0. The van der Waals surface area contributed by atoms with E-state index in [-0.39, 0.29) is 18.4 Å². The van der Waals surface area contributed by atoms with Gasteiger partial charge in [0.25, 0.3) is 0 Å². The predicted octanol–water partition coefficient (Wildman–Crippen LogP) is 4.85. The van der Waals surface area contributed by atoms with E-state index < -0.39 is 24.3 Å². The van der Waals surface area contributed by atoms with E-state index >= 15 is 0 Å². The molecule has 9 nitrogen and oxygen atoms in total. The molecule has 0 bridgehead atoms. The number of nitrogens with one attached hydrogen (secondary N) is 1. The van der Waals surface area contributed by atoms with E-state index in [1.54, 1.807) is 0 Å². The molecule has 2 aliphatic rings. The van der Waals surface area contributed by atoms with Crippen LogP contribution in [0.15, 0.2) is 12.5 Å². The van der Waals surface area contributed by atoms with Crippen molar-refractivity contribution in [3.63, 3.8) is 0 Å². The number of carbonyl (C=O) groups is 3. The minimum atomic E-state index is -0.960. The first kappa shape index (κ1) is 27.0. The lowest BCUT2D eigenvalue weighted by Gasteiger charge is -2.26. The molecule has 0 saturated heterocycles. The fourth-order valence-corrected chi connectivity index (χ4v) is 5.14. The lowest BCUT2D eigenvalue weighted by molar-refractivity contribution is -0.171. The van der Waals surface area contributed by atoms with E-state index in [0.29, 0.717) is 25.3 Å². The Morgan fingerprint density at radius 1 is 1.11 bits per heavy atom. The van der Waals surface area contributed by atoms with E-state index in [4.69, 9.17) is 9.47 Å². The van der Waals surface area contributed by atoms with Crippen LogP contribution in [0.2, 0.25) is 0 Å². The number of hydrogen-bond acceptors (Lipinski definition) is 6. The summed E-state index contributed by atoms with van der Waals surface area (Å²) in [5.41, 5.74) is 0.789. The molecular weight excluding hydrogens is 450 g/mol. The highest BCUT2D eigenvalue weighted by Crippen LogP contribution is 2.32. The molecule has 0 radical (unpaired) electrons. The third-order valence-electron chi connectivity index (χ3n) is 7.36. The fraction of sp³-hybridized carbons (Fsp3) is 0.769. The SMILES string of the molecule is CC1CCC(n2cnc(CC(CCCNC(=O)OC(C)OC(=O)C3CCCCC3)C(=O)O)c2)CC1. The fourth-order valence-electron chi connectivity index (χ4n) is 5.14.